The van der Waals surface area contributed by atoms with Crippen molar-refractivity contribution >= 4 is 27.7 Å². The van der Waals surface area contributed by atoms with E-state index in [0.29, 0.717) is 0 Å². The van der Waals surface area contributed by atoms with Crippen LogP contribution in [-0.2, 0) is 0 Å². The van der Waals surface area contributed by atoms with Gasteiger partial charge in [0, 0.05) is 6.07 Å². The van der Waals surface area contributed by atoms with E-state index in [9.17, 15) is 0 Å². The minimum absolute atomic E-state index is 0.747. The third-order valence-corrected chi connectivity index (χ3v) is 3.45. The Balaban J connectivity index is 2.31. The van der Waals surface area contributed by atoms with E-state index in [2.05, 4.69) is 25.9 Å². The third kappa shape index (κ3) is 3.20. The molecule has 17 heavy (non-hydrogen) atoms. The minimum atomic E-state index is 0.747. The molecule has 0 unspecified atom stereocenters. The number of benzene rings is 1. The highest BCUT2D eigenvalue weighted by Crippen LogP contribution is 2.34. The average Bonchev–Trinajstić information content (AvgIpc) is 2.28. The van der Waals surface area contributed by atoms with Crippen LogP contribution in [0.2, 0.25) is 0 Å². The second-order valence-corrected chi connectivity index (χ2v) is 5.20. The van der Waals surface area contributed by atoms with Gasteiger partial charge in [-0.05, 0) is 35.0 Å². The summed E-state index contributed by atoms with van der Waals surface area (Å²) in [6, 6.07) is 9.77. The van der Waals surface area contributed by atoms with Gasteiger partial charge in [0.25, 0.3) is 0 Å². The van der Waals surface area contributed by atoms with Crippen LogP contribution in [0.15, 0.2) is 44.9 Å². The first-order valence-corrected chi connectivity index (χ1v) is 6.62. The zero-order chi connectivity index (χ0) is 12.3. The Labute approximate surface area is 113 Å². The summed E-state index contributed by atoms with van der Waals surface area (Å²) in [5, 5.41) is 0.897. The summed E-state index contributed by atoms with van der Waals surface area (Å²) < 4.78 is 6.10. The van der Waals surface area contributed by atoms with Gasteiger partial charge < -0.3 is 4.74 Å². The number of hydrogen-bond donors (Lipinski definition) is 0. The number of para-hydroxylation sites is 1. The van der Waals surface area contributed by atoms with E-state index in [1.54, 1.807) is 18.9 Å². The van der Waals surface area contributed by atoms with Crippen molar-refractivity contribution in [1.29, 1.82) is 0 Å². The quantitative estimate of drug-likeness (QED) is 0.810. The van der Waals surface area contributed by atoms with Crippen molar-refractivity contribution in [3.63, 3.8) is 0 Å². The van der Waals surface area contributed by atoms with Crippen LogP contribution in [0.1, 0.15) is 5.82 Å². The highest BCUT2D eigenvalue weighted by molar-refractivity contribution is 9.10. The zero-order valence-corrected chi connectivity index (χ0v) is 11.9. The number of ether oxygens (including phenoxy) is 1. The zero-order valence-electron chi connectivity index (χ0n) is 9.48. The number of aromatic nitrogens is 2. The van der Waals surface area contributed by atoms with Crippen LogP contribution in [0.3, 0.4) is 0 Å². The standard InChI is InChI=1S/C12H11BrN2OS/c1-8-14-11(13)7-12(15-8)17-10-6-4-3-5-9(10)16-2/h3-7H,1-2H3. The molecule has 0 saturated heterocycles. The third-order valence-electron chi connectivity index (χ3n) is 2.07. The molecular formula is C12H11BrN2OS. The molecule has 2 rings (SSSR count). The molecule has 1 aromatic heterocycles. The predicted molar refractivity (Wildman–Crippen MR) is 71.6 cm³/mol. The van der Waals surface area contributed by atoms with E-state index in [1.165, 1.54) is 0 Å². The van der Waals surface area contributed by atoms with E-state index < -0.39 is 0 Å². The van der Waals surface area contributed by atoms with Gasteiger partial charge in [-0.25, -0.2) is 9.97 Å². The maximum atomic E-state index is 5.30. The van der Waals surface area contributed by atoms with Crippen LogP contribution in [0.5, 0.6) is 5.75 Å². The van der Waals surface area contributed by atoms with E-state index in [4.69, 9.17) is 4.74 Å². The molecular weight excluding hydrogens is 300 g/mol. The Morgan fingerprint density at radius 3 is 2.71 bits per heavy atom. The summed E-state index contributed by atoms with van der Waals surface area (Å²) in [6.45, 7) is 1.87. The van der Waals surface area contributed by atoms with Crippen molar-refractivity contribution in [2.24, 2.45) is 0 Å². The summed E-state index contributed by atoms with van der Waals surface area (Å²) in [4.78, 5) is 9.59. The van der Waals surface area contributed by atoms with Crippen molar-refractivity contribution in [2.45, 2.75) is 16.8 Å². The average molecular weight is 311 g/mol. The first-order chi connectivity index (χ1) is 8.19. The fraction of sp³-hybridized carbons (Fsp3) is 0.167. The number of halogens is 1. The van der Waals surface area contributed by atoms with E-state index in [0.717, 1.165) is 26.1 Å². The molecule has 3 nitrogen and oxygen atoms in total. The molecule has 0 aliphatic heterocycles. The van der Waals surface area contributed by atoms with Crippen molar-refractivity contribution in [3.05, 3.63) is 40.8 Å². The molecule has 0 aliphatic rings. The lowest BCUT2D eigenvalue weighted by atomic mass is 10.3. The van der Waals surface area contributed by atoms with Crippen molar-refractivity contribution in [3.8, 4) is 5.75 Å². The molecule has 0 bridgehead atoms. The van der Waals surface area contributed by atoms with E-state index >= 15 is 0 Å². The second-order valence-electron chi connectivity index (χ2n) is 3.33. The molecule has 0 spiro atoms. The molecule has 5 heteroatoms. The minimum Gasteiger partial charge on any atom is -0.496 e. The van der Waals surface area contributed by atoms with E-state index in [1.807, 2.05) is 37.3 Å². The van der Waals surface area contributed by atoms with Gasteiger partial charge >= 0.3 is 0 Å². The van der Waals surface area contributed by atoms with Gasteiger partial charge in [0.15, 0.2) is 0 Å². The first kappa shape index (κ1) is 12.4. The highest BCUT2D eigenvalue weighted by atomic mass is 79.9. The molecule has 0 atom stereocenters. The van der Waals surface area contributed by atoms with Crippen LogP contribution in [-0.4, -0.2) is 17.1 Å². The maximum Gasteiger partial charge on any atom is 0.132 e. The maximum absolute atomic E-state index is 5.30. The monoisotopic (exact) mass is 310 g/mol. The van der Waals surface area contributed by atoms with Crippen molar-refractivity contribution < 1.29 is 4.74 Å². The van der Waals surface area contributed by atoms with Gasteiger partial charge in [0.2, 0.25) is 0 Å². The lowest BCUT2D eigenvalue weighted by Gasteiger charge is -2.07. The number of hydrogen-bond acceptors (Lipinski definition) is 4. The first-order valence-electron chi connectivity index (χ1n) is 5.01. The van der Waals surface area contributed by atoms with Crippen LogP contribution in [0, 0.1) is 6.92 Å². The van der Waals surface area contributed by atoms with Gasteiger partial charge in [-0.15, -0.1) is 0 Å². The van der Waals surface area contributed by atoms with Gasteiger partial charge in [-0.2, -0.15) is 0 Å². The number of methoxy groups -OCH3 is 1. The van der Waals surface area contributed by atoms with Crippen molar-refractivity contribution in [1.82, 2.24) is 9.97 Å². The Morgan fingerprint density at radius 2 is 2.00 bits per heavy atom. The summed E-state index contributed by atoms with van der Waals surface area (Å²) in [6.07, 6.45) is 0. The fourth-order valence-corrected chi connectivity index (χ4v) is 2.97. The molecule has 0 radical (unpaired) electrons. The van der Waals surface area contributed by atoms with Crippen LogP contribution < -0.4 is 4.74 Å². The summed E-state index contributed by atoms with van der Waals surface area (Å²) in [7, 11) is 1.67. The second kappa shape index (κ2) is 5.51. The molecule has 0 amide bonds. The highest BCUT2D eigenvalue weighted by Gasteiger charge is 2.06. The molecule has 88 valence electrons. The Bertz CT molecular complexity index is 513. The molecule has 0 saturated carbocycles. The number of nitrogens with zero attached hydrogens (tertiary/aromatic N) is 2. The Morgan fingerprint density at radius 1 is 1.24 bits per heavy atom. The molecule has 0 N–H and O–H groups in total. The Kier molecular flexibility index (Phi) is 4.02. The lowest BCUT2D eigenvalue weighted by Crippen LogP contribution is -1.91. The summed E-state index contributed by atoms with van der Waals surface area (Å²) in [5.41, 5.74) is 0. The van der Waals surface area contributed by atoms with Crippen molar-refractivity contribution in [2.75, 3.05) is 7.11 Å². The topological polar surface area (TPSA) is 35.0 Å². The van der Waals surface area contributed by atoms with Gasteiger partial charge in [-0.3, -0.25) is 0 Å². The summed E-state index contributed by atoms with van der Waals surface area (Å²) in [5.74, 6) is 1.60. The van der Waals surface area contributed by atoms with E-state index in [-0.39, 0.29) is 0 Å². The molecule has 0 fully saturated rings. The normalized spacial score (nSPS) is 10.3. The van der Waals surface area contributed by atoms with Crippen LogP contribution >= 0.6 is 27.7 Å². The van der Waals surface area contributed by atoms with Gasteiger partial charge in [0.1, 0.15) is 21.2 Å². The summed E-state index contributed by atoms with van der Waals surface area (Å²) >= 11 is 4.93. The van der Waals surface area contributed by atoms with Gasteiger partial charge in [0.05, 0.1) is 12.0 Å². The smallest absolute Gasteiger partial charge is 0.132 e. The van der Waals surface area contributed by atoms with Crippen LogP contribution in [0.4, 0.5) is 0 Å². The SMILES string of the molecule is COc1ccccc1Sc1cc(Br)nc(C)n1. The predicted octanol–water partition coefficient (Wildman–Crippen LogP) is 3.71. The fourth-order valence-electron chi connectivity index (χ4n) is 1.37. The Hall–Kier alpha value is -1.07. The molecule has 1 heterocycles. The van der Waals surface area contributed by atoms with Gasteiger partial charge in [-0.1, -0.05) is 23.9 Å². The number of aryl methyl sites for hydroxylation is 1. The lowest BCUT2D eigenvalue weighted by molar-refractivity contribution is 0.405. The molecule has 0 aliphatic carbocycles. The molecule has 1 aromatic carbocycles. The largest absolute Gasteiger partial charge is 0.496 e. The number of rotatable bonds is 3. The van der Waals surface area contributed by atoms with Crippen LogP contribution in [0.25, 0.3) is 0 Å². The molecule has 2 aromatic rings.